The van der Waals surface area contributed by atoms with Crippen LogP contribution in [0, 0.1) is 13.8 Å². The van der Waals surface area contributed by atoms with Crippen molar-refractivity contribution in [2.75, 3.05) is 19.0 Å². The second-order valence-electron chi connectivity index (χ2n) is 8.54. The molecule has 178 valence electrons. The molecule has 0 radical (unpaired) electrons. The summed E-state index contributed by atoms with van der Waals surface area (Å²) in [5, 5.41) is 3.25. The number of nitrogens with zero attached hydrogens (tertiary/aromatic N) is 2. The zero-order valence-corrected chi connectivity index (χ0v) is 20.2. The number of likely N-dealkylation sites (N-methyl/N-ethyl adjacent to an activating group) is 1. The number of hydrogen-bond donors (Lipinski definition) is 3. The van der Waals surface area contributed by atoms with Crippen LogP contribution in [0.15, 0.2) is 18.2 Å². The molecule has 2 aromatic heterocycles. The molecule has 3 heterocycles. The van der Waals surface area contributed by atoms with Crippen LogP contribution in [0.5, 0.6) is 0 Å². The summed E-state index contributed by atoms with van der Waals surface area (Å²) < 4.78 is 5.91. The Hall–Kier alpha value is -3.43. The molecule has 3 N–H and O–H groups in total. The van der Waals surface area contributed by atoms with E-state index >= 15 is 0 Å². The molecule has 1 aliphatic heterocycles. The van der Waals surface area contributed by atoms with E-state index < -0.39 is 0 Å². The number of H-pyrrole nitrogens is 2. The molecule has 9 nitrogen and oxygen atoms in total. The average molecular weight is 484 g/mol. The molecular weight excluding hydrogens is 458 g/mol. The third-order valence-electron chi connectivity index (χ3n) is 5.88. The quantitative estimate of drug-likeness (QED) is 0.422. The highest BCUT2D eigenvalue weighted by atomic mass is 35.5. The molecule has 3 aromatic rings. The maximum Gasteiger partial charge on any atom is 0.256 e. The molecule has 0 bridgehead atoms. The van der Waals surface area contributed by atoms with E-state index in [1.807, 2.05) is 19.9 Å². The van der Waals surface area contributed by atoms with Crippen molar-refractivity contribution in [3.63, 3.8) is 0 Å². The molecule has 0 spiro atoms. The monoisotopic (exact) mass is 483 g/mol. The lowest BCUT2D eigenvalue weighted by Crippen LogP contribution is -2.38. The van der Waals surface area contributed by atoms with Crippen LogP contribution in [-0.2, 0) is 22.6 Å². The van der Waals surface area contributed by atoms with Crippen molar-refractivity contribution in [2.24, 2.45) is 0 Å². The number of carbonyl (C=O) groups is 3. The van der Waals surface area contributed by atoms with Gasteiger partial charge in [-0.15, -0.1) is 0 Å². The SMILES string of the molecule is Cc1cc(C(=O)N(C)[C@H](C)COCc2nc(C)[nH]c2-c2cc(Cl)c3c(c2)CC(=O)N3)c(C=O)[nH]1. The lowest BCUT2D eigenvalue weighted by molar-refractivity contribution is -0.115. The van der Waals surface area contributed by atoms with E-state index in [0.29, 0.717) is 28.3 Å². The van der Waals surface area contributed by atoms with E-state index in [0.717, 1.165) is 28.3 Å². The number of benzene rings is 1. The molecule has 0 unspecified atom stereocenters. The number of rotatable bonds is 8. The first-order valence-corrected chi connectivity index (χ1v) is 11.2. The van der Waals surface area contributed by atoms with E-state index in [4.69, 9.17) is 16.3 Å². The maximum atomic E-state index is 12.8. The van der Waals surface area contributed by atoms with Gasteiger partial charge in [-0.1, -0.05) is 11.6 Å². The van der Waals surface area contributed by atoms with Gasteiger partial charge in [0.05, 0.1) is 59.0 Å². The van der Waals surface area contributed by atoms with Crippen LogP contribution in [-0.4, -0.2) is 57.6 Å². The van der Waals surface area contributed by atoms with Gasteiger partial charge < -0.3 is 24.9 Å². The van der Waals surface area contributed by atoms with E-state index in [9.17, 15) is 14.4 Å². The Labute approximate surface area is 201 Å². The summed E-state index contributed by atoms with van der Waals surface area (Å²) in [4.78, 5) is 48.1. The minimum atomic E-state index is -0.255. The number of anilines is 1. The minimum absolute atomic E-state index is 0.0823. The number of ether oxygens (including phenoxy) is 1. The third-order valence-corrected chi connectivity index (χ3v) is 6.18. The summed E-state index contributed by atoms with van der Waals surface area (Å²) in [6, 6.07) is 5.15. The molecule has 0 fully saturated rings. The van der Waals surface area contributed by atoms with Crippen LogP contribution in [0.3, 0.4) is 0 Å². The van der Waals surface area contributed by atoms with Gasteiger partial charge >= 0.3 is 0 Å². The van der Waals surface area contributed by atoms with Crippen molar-refractivity contribution in [3.8, 4) is 11.3 Å². The van der Waals surface area contributed by atoms with Gasteiger partial charge in [0.2, 0.25) is 5.91 Å². The van der Waals surface area contributed by atoms with Crippen LogP contribution < -0.4 is 5.32 Å². The number of imidazole rings is 1. The van der Waals surface area contributed by atoms with E-state index in [-0.39, 0.29) is 43.2 Å². The number of amides is 2. The van der Waals surface area contributed by atoms with Gasteiger partial charge in [-0.2, -0.15) is 0 Å². The van der Waals surface area contributed by atoms with Crippen molar-refractivity contribution in [1.82, 2.24) is 19.9 Å². The van der Waals surface area contributed by atoms with Crippen molar-refractivity contribution >= 4 is 35.4 Å². The summed E-state index contributed by atoms with van der Waals surface area (Å²) in [6.45, 7) is 6.02. The van der Waals surface area contributed by atoms with Gasteiger partial charge in [0.15, 0.2) is 6.29 Å². The Bertz CT molecular complexity index is 1280. The van der Waals surface area contributed by atoms with E-state index in [2.05, 4.69) is 20.3 Å². The maximum absolute atomic E-state index is 12.8. The molecule has 2 amide bonds. The van der Waals surface area contributed by atoms with Gasteiger partial charge in [0.1, 0.15) is 5.82 Å². The van der Waals surface area contributed by atoms with Gasteiger partial charge in [0, 0.05) is 18.3 Å². The fourth-order valence-electron chi connectivity index (χ4n) is 4.03. The highest BCUT2D eigenvalue weighted by molar-refractivity contribution is 6.34. The van der Waals surface area contributed by atoms with Crippen LogP contribution >= 0.6 is 11.6 Å². The van der Waals surface area contributed by atoms with Gasteiger partial charge in [-0.25, -0.2) is 4.98 Å². The topological polar surface area (TPSA) is 120 Å². The fraction of sp³-hybridized carbons (Fsp3) is 0.333. The Kier molecular flexibility index (Phi) is 6.58. The molecule has 0 saturated carbocycles. The number of aromatic amines is 2. The Morgan fingerprint density at radius 1 is 1.29 bits per heavy atom. The molecule has 1 aliphatic rings. The average Bonchev–Trinajstić information content (AvgIpc) is 3.48. The fourth-order valence-corrected chi connectivity index (χ4v) is 4.32. The first kappa shape index (κ1) is 23.7. The number of hydrogen-bond acceptors (Lipinski definition) is 5. The summed E-state index contributed by atoms with van der Waals surface area (Å²) in [5.74, 6) is 0.389. The van der Waals surface area contributed by atoms with Crippen LogP contribution in [0.4, 0.5) is 5.69 Å². The molecule has 1 aromatic carbocycles. The van der Waals surface area contributed by atoms with Gasteiger partial charge in [0.25, 0.3) is 5.91 Å². The number of aromatic nitrogens is 3. The zero-order valence-electron chi connectivity index (χ0n) is 19.4. The molecule has 34 heavy (non-hydrogen) atoms. The standard InChI is InChI=1S/C24H26ClN5O4/c1-12-5-17(19(9-31)26-12)24(33)30(4)13(2)10-34-11-20-23(28-14(3)27-20)15-6-16-8-21(32)29-22(16)18(25)7-15/h5-7,9,13,26H,8,10-11H2,1-4H3,(H,27,28)(H,29,32)/t13-/m1/s1. The number of fused-ring (bicyclic) bond motifs is 1. The Balaban J connectivity index is 1.44. The molecule has 0 aliphatic carbocycles. The van der Waals surface area contributed by atoms with E-state index in [1.165, 1.54) is 0 Å². The molecule has 0 saturated heterocycles. The van der Waals surface area contributed by atoms with Crippen LogP contribution in [0.2, 0.25) is 5.02 Å². The van der Waals surface area contributed by atoms with Gasteiger partial charge in [-0.3, -0.25) is 14.4 Å². The molecular formula is C24H26ClN5O4. The lowest BCUT2D eigenvalue weighted by atomic mass is 10.0. The Morgan fingerprint density at radius 3 is 2.79 bits per heavy atom. The smallest absolute Gasteiger partial charge is 0.256 e. The predicted octanol–water partition coefficient (Wildman–Crippen LogP) is 3.66. The predicted molar refractivity (Wildman–Crippen MR) is 128 cm³/mol. The summed E-state index contributed by atoms with van der Waals surface area (Å²) >= 11 is 6.39. The van der Waals surface area contributed by atoms with E-state index in [1.54, 1.807) is 31.0 Å². The molecule has 10 heteroatoms. The minimum Gasteiger partial charge on any atom is -0.373 e. The first-order valence-electron chi connectivity index (χ1n) is 10.9. The summed E-state index contributed by atoms with van der Waals surface area (Å²) in [6.07, 6.45) is 0.931. The highest BCUT2D eigenvalue weighted by Gasteiger charge is 2.24. The lowest BCUT2D eigenvalue weighted by Gasteiger charge is -2.24. The second kappa shape index (κ2) is 9.44. The molecule has 4 rings (SSSR count). The third kappa shape index (κ3) is 4.62. The zero-order chi connectivity index (χ0) is 24.6. The summed E-state index contributed by atoms with van der Waals surface area (Å²) in [5.41, 5.74) is 5.16. The normalized spacial score (nSPS) is 13.5. The largest absolute Gasteiger partial charge is 0.373 e. The number of aryl methyl sites for hydroxylation is 2. The van der Waals surface area contributed by atoms with Crippen molar-refractivity contribution < 1.29 is 19.1 Å². The number of carbonyl (C=O) groups excluding carboxylic acids is 3. The second-order valence-corrected chi connectivity index (χ2v) is 8.95. The number of aldehydes is 1. The Morgan fingerprint density at radius 2 is 2.06 bits per heavy atom. The number of nitrogens with one attached hydrogen (secondary N) is 3. The number of halogens is 1. The highest BCUT2D eigenvalue weighted by Crippen LogP contribution is 2.36. The summed E-state index contributed by atoms with van der Waals surface area (Å²) in [7, 11) is 1.68. The van der Waals surface area contributed by atoms with Crippen molar-refractivity contribution in [2.45, 2.75) is 39.8 Å². The molecule has 1 atom stereocenters. The van der Waals surface area contributed by atoms with Crippen LogP contribution in [0.1, 0.15) is 50.5 Å². The first-order chi connectivity index (χ1) is 16.2. The van der Waals surface area contributed by atoms with Crippen molar-refractivity contribution in [3.05, 3.63) is 57.3 Å². The van der Waals surface area contributed by atoms with Gasteiger partial charge in [-0.05, 0) is 44.5 Å². The van der Waals surface area contributed by atoms with Crippen molar-refractivity contribution in [1.29, 1.82) is 0 Å². The van der Waals surface area contributed by atoms with Crippen LogP contribution in [0.25, 0.3) is 11.3 Å².